The fourth-order valence-electron chi connectivity index (χ4n) is 0.596. The maximum atomic E-state index is 10.8. The number of rotatable bonds is 1. The summed E-state index contributed by atoms with van der Waals surface area (Å²) in [6.07, 6.45) is 1.23. The van der Waals surface area contributed by atoms with Crippen LogP contribution in [-0.4, -0.2) is 10.9 Å². The lowest BCUT2D eigenvalue weighted by molar-refractivity contribution is 0.0995. The highest BCUT2D eigenvalue weighted by atomic mass is 35.5. The minimum Gasteiger partial charge on any atom is -0.364 e. The quantitative estimate of drug-likeness (QED) is 0.632. The van der Waals surface area contributed by atoms with Gasteiger partial charge >= 0.3 is 0 Å². The summed E-state index contributed by atoms with van der Waals surface area (Å²) in [4.78, 5) is 23.7. The number of nitrogens with two attached hydrogens (primary N) is 1. The van der Waals surface area contributed by atoms with E-state index in [2.05, 4.69) is 4.98 Å². The van der Waals surface area contributed by atoms with Crippen molar-refractivity contribution in [1.29, 1.82) is 0 Å². The van der Waals surface area contributed by atoms with E-state index >= 15 is 0 Å². The average Bonchev–Trinajstić information content (AvgIpc) is 1.94. The first-order chi connectivity index (χ1) is 5.11. The van der Waals surface area contributed by atoms with E-state index in [0.717, 1.165) is 6.07 Å². The van der Waals surface area contributed by atoms with Crippen LogP contribution in [0.4, 0.5) is 0 Å². The molecule has 11 heavy (non-hydrogen) atoms. The largest absolute Gasteiger partial charge is 0.364 e. The van der Waals surface area contributed by atoms with Crippen molar-refractivity contribution in [2.45, 2.75) is 0 Å². The van der Waals surface area contributed by atoms with E-state index in [4.69, 9.17) is 17.3 Å². The van der Waals surface area contributed by atoms with Gasteiger partial charge < -0.3 is 10.7 Å². The van der Waals surface area contributed by atoms with Gasteiger partial charge in [0.1, 0.15) is 10.7 Å². The summed E-state index contributed by atoms with van der Waals surface area (Å²) in [5.41, 5.74) is 4.52. The molecule has 5 heteroatoms. The second kappa shape index (κ2) is 2.75. The highest BCUT2D eigenvalue weighted by Crippen LogP contribution is 1.98. The number of primary amides is 1. The molecule has 0 aliphatic heterocycles. The van der Waals surface area contributed by atoms with Crippen molar-refractivity contribution < 1.29 is 4.79 Å². The molecule has 58 valence electrons. The van der Waals surface area contributed by atoms with E-state index in [0.29, 0.717) is 0 Å². The van der Waals surface area contributed by atoms with Crippen LogP contribution in [0.3, 0.4) is 0 Å². The first-order valence-corrected chi connectivity index (χ1v) is 3.17. The van der Waals surface area contributed by atoms with Crippen LogP contribution in [0.2, 0.25) is 5.02 Å². The zero-order valence-electron chi connectivity index (χ0n) is 5.43. The van der Waals surface area contributed by atoms with Crippen molar-refractivity contribution in [3.8, 4) is 0 Å². The van der Waals surface area contributed by atoms with Crippen LogP contribution >= 0.6 is 11.6 Å². The predicted molar refractivity (Wildman–Crippen MR) is 40.6 cm³/mol. The Labute approximate surface area is 67.0 Å². The summed E-state index contributed by atoms with van der Waals surface area (Å²) < 4.78 is 0. The zero-order chi connectivity index (χ0) is 8.43. The van der Waals surface area contributed by atoms with Crippen LogP contribution in [0.5, 0.6) is 0 Å². The number of aromatic nitrogens is 1. The number of carbonyl (C=O) groups is 1. The van der Waals surface area contributed by atoms with E-state index in [1.807, 2.05) is 0 Å². The van der Waals surface area contributed by atoms with Gasteiger partial charge in [0, 0.05) is 12.3 Å². The Morgan fingerprint density at radius 2 is 2.27 bits per heavy atom. The minimum absolute atomic E-state index is 0.0370. The second-order valence-electron chi connectivity index (χ2n) is 1.92. The number of amides is 1. The SMILES string of the molecule is NC(=O)c1cc(=O)c(Cl)c[nH]1. The summed E-state index contributed by atoms with van der Waals surface area (Å²) in [7, 11) is 0. The smallest absolute Gasteiger partial charge is 0.265 e. The highest BCUT2D eigenvalue weighted by molar-refractivity contribution is 6.30. The van der Waals surface area contributed by atoms with Crippen molar-refractivity contribution >= 4 is 17.5 Å². The number of carbonyl (C=O) groups excluding carboxylic acids is 1. The number of nitrogens with one attached hydrogen (secondary N) is 1. The maximum absolute atomic E-state index is 10.8. The molecular formula is C6H5ClN2O2. The number of hydrogen-bond acceptors (Lipinski definition) is 2. The molecule has 1 heterocycles. The van der Waals surface area contributed by atoms with Gasteiger partial charge in [-0.25, -0.2) is 0 Å². The maximum Gasteiger partial charge on any atom is 0.265 e. The third-order valence-corrected chi connectivity index (χ3v) is 1.43. The topological polar surface area (TPSA) is 76.0 Å². The zero-order valence-corrected chi connectivity index (χ0v) is 6.18. The molecule has 1 amide bonds. The van der Waals surface area contributed by atoms with Crippen LogP contribution in [0.25, 0.3) is 0 Å². The van der Waals surface area contributed by atoms with Crippen molar-refractivity contribution in [3.05, 3.63) is 33.2 Å². The molecule has 1 aromatic heterocycles. The van der Waals surface area contributed by atoms with Crippen molar-refractivity contribution in [1.82, 2.24) is 4.98 Å². The van der Waals surface area contributed by atoms with E-state index in [9.17, 15) is 9.59 Å². The summed E-state index contributed by atoms with van der Waals surface area (Å²) >= 11 is 5.39. The molecule has 0 atom stereocenters. The van der Waals surface area contributed by atoms with Gasteiger partial charge in [0.15, 0.2) is 0 Å². The van der Waals surface area contributed by atoms with Crippen molar-refractivity contribution in [3.63, 3.8) is 0 Å². The summed E-state index contributed by atoms with van der Waals surface area (Å²) in [5, 5.41) is 0.0370. The van der Waals surface area contributed by atoms with Gasteiger partial charge in [-0.2, -0.15) is 0 Å². The third-order valence-electron chi connectivity index (χ3n) is 1.13. The molecule has 1 rings (SSSR count). The average molecular weight is 173 g/mol. The molecule has 0 unspecified atom stereocenters. The third kappa shape index (κ3) is 1.59. The molecule has 1 aromatic rings. The van der Waals surface area contributed by atoms with Crippen molar-refractivity contribution in [2.75, 3.05) is 0 Å². The van der Waals surface area contributed by atoms with Gasteiger partial charge in [0.05, 0.1) is 0 Å². The van der Waals surface area contributed by atoms with E-state index < -0.39 is 11.3 Å². The molecule has 0 radical (unpaired) electrons. The molecule has 0 bridgehead atoms. The molecule has 0 fully saturated rings. The van der Waals surface area contributed by atoms with Gasteiger partial charge in [-0.3, -0.25) is 9.59 Å². The molecule has 0 aromatic carbocycles. The van der Waals surface area contributed by atoms with E-state index in [1.54, 1.807) is 0 Å². The monoisotopic (exact) mass is 172 g/mol. The number of halogens is 1. The first-order valence-electron chi connectivity index (χ1n) is 2.79. The van der Waals surface area contributed by atoms with Crippen LogP contribution in [0, 0.1) is 0 Å². The van der Waals surface area contributed by atoms with Gasteiger partial charge in [-0.05, 0) is 0 Å². The molecule has 0 aliphatic carbocycles. The standard InChI is InChI=1S/C6H5ClN2O2/c7-3-2-9-4(6(8)11)1-5(3)10/h1-2H,(H2,8,11)(H,9,10). The fraction of sp³-hybridized carbons (Fsp3) is 0. The normalized spacial score (nSPS) is 9.55. The lowest BCUT2D eigenvalue weighted by atomic mass is 10.3. The minimum atomic E-state index is -0.682. The Morgan fingerprint density at radius 1 is 1.64 bits per heavy atom. The lowest BCUT2D eigenvalue weighted by Gasteiger charge is -1.93. The lowest BCUT2D eigenvalue weighted by Crippen LogP contribution is -2.16. The van der Waals surface area contributed by atoms with Gasteiger partial charge in [0.25, 0.3) is 5.91 Å². The Morgan fingerprint density at radius 3 is 2.73 bits per heavy atom. The molecule has 0 saturated heterocycles. The Kier molecular flexibility index (Phi) is 1.96. The molecule has 0 spiro atoms. The Balaban J connectivity index is 3.26. The predicted octanol–water partition coefficient (Wildman–Crippen LogP) is 0.127. The van der Waals surface area contributed by atoms with Crippen molar-refractivity contribution in [2.24, 2.45) is 5.73 Å². The summed E-state index contributed by atoms with van der Waals surface area (Å²) in [6.45, 7) is 0. The van der Waals surface area contributed by atoms with E-state index in [-0.39, 0.29) is 10.7 Å². The summed E-state index contributed by atoms with van der Waals surface area (Å²) in [6, 6.07) is 1.06. The van der Waals surface area contributed by atoms with E-state index in [1.165, 1.54) is 6.20 Å². The van der Waals surface area contributed by atoms with Gasteiger partial charge in [-0.1, -0.05) is 11.6 Å². The first kappa shape index (κ1) is 7.81. The summed E-state index contributed by atoms with van der Waals surface area (Å²) in [5.74, 6) is -0.682. The molecule has 0 saturated carbocycles. The van der Waals surface area contributed by atoms with Crippen LogP contribution < -0.4 is 11.2 Å². The molecule has 0 aliphatic rings. The number of pyridine rings is 1. The Hall–Kier alpha value is -1.29. The number of hydrogen-bond donors (Lipinski definition) is 2. The number of H-pyrrole nitrogens is 1. The second-order valence-corrected chi connectivity index (χ2v) is 2.33. The highest BCUT2D eigenvalue weighted by Gasteiger charge is 2.02. The van der Waals surface area contributed by atoms with Crippen LogP contribution in [0.15, 0.2) is 17.1 Å². The molecule has 3 N–H and O–H groups in total. The molecule has 4 nitrogen and oxygen atoms in total. The van der Waals surface area contributed by atoms with Gasteiger partial charge in [-0.15, -0.1) is 0 Å². The van der Waals surface area contributed by atoms with Crippen LogP contribution in [0.1, 0.15) is 10.5 Å². The Bertz CT molecular complexity index is 345. The van der Waals surface area contributed by atoms with Gasteiger partial charge in [0.2, 0.25) is 5.43 Å². The molecular weight excluding hydrogens is 168 g/mol. The van der Waals surface area contributed by atoms with Crippen LogP contribution in [-0.2, 0) is 0 Å². The fourth-order valence-corrected chi connectivity index (χ4v) is 0.705. The number of aromatic amines is 1.